The van der Waals surface area contributed by atoms with Gasteiger partial charge in [-0.05, 0) is 87.9 Å². The van der Waals surface area contributed by atoms with Crippen LogP contribution in [0.1, 0.15) is 109 Å². The number of rotatable bonds is 10. The molecule has 0 spiro atoms. The first-order chi connectivity index (χ1) is 23.0. The van der Waals surface area contributed by atoms with Gasteiger partial charge >= 0.3 is 11.9 Å². The van der Waals surface area contributed by atoms with E-state index in [0.717, 1.165) is 12.8 Å². The zero-order valence-electron chi connectivity index (χ0n) is 28.5. The lowest BCUT2D eigenvalue weighted by atomic mass is 10.00. The van der Waals surface area contributed by atoms with Gasteiger partial charge in [0.1, 0.15) is 0 Å². The second-order valence-electron chi connectivity index (χ2n) is 13.0. The second-order valence-corrected chi connectivity index (χ2v) is 13.7. The fourth-order valence-electron chi connectivity index (χ4n) is 4.88. The van der Waals surface area contributed by atoms with Crippen molar-refractivity contribution in [1.29, 1.82) is 0 Å². The van der Waals surface area contributed by atoms with Crippen LogP contribution in [0.3, 0.4) is 0 Å². The number of ether oxygens (including phenoxy) is 2. The van der Waals surface area contributed by atoms with Gasteiger partial charge < -0.3 is 26.3 Å². The van der Waals surface area contributed by atoms with Crippen LogP contribution >= 0.6 is 23.2 Å². The number of fused-ring (bicyclic) bond motifs is 2. The van der Waals surface area contributed by atoms with E-state index >= 15 is 0 Å². The van der Waals surface area contributed by atoms with Crippen LogP contribution in [0.15, 0.2) is 36.9 Å². The molecule has 2 aliphatic carbocycles. The molecule has 15 heteroatoms. The Morgan fingerprint density at radius 1 is 0.878 bits per heavy atom. The summed E-state index contributed by atoms with van der Waals surface area (Å²) in [7, 11) is 0. The highest BCUT2D eigenvalue weighted by Gasteiger charge is 2.43. The number of amides is 1. The van der Waals surface area contributed by atoms with Crippen molar-refractivity contribution in [2.24, 2.45) is 22.3 Å². The maximum absolute atomic E-state index is 12.0. The molecule has 13 nitrogen and oxygen atoms in total. The predicted octanol–water partition coefficient (Wildman–Crippen LogP) is 5.89. The number of nitrogens with two attached hydrogens (primary N) is 2. The van der Waals surface area contributed by atoms with Gasteiger partial charge in [-0.15, -0.1) is 0 Å². The van der Waals surface area contributed by atoms with Crippen LogP contribution in [-0.2, 0) is 9.47 Å². The van der Waals surface area contributed by atoms with Crippen LogP contribution in [0.2, 0.25) is 5.02 Å². The van der Waals surface area contributed by atoms with Crippen molar-refractivity contribution in [3.8, 4) is 0 Å². The Morgan fingerprint density at radius 2 is 1.35 bits per heavy atom. The first kappa shape index (κ1) is 37.6. The molecule has 2 fully saturated rings. The Bertz CT molecular complexity index is 1880. The average Bonchev–Trinajstić information content (AvgIpc) is 3.86. The third-order valence-electron chi connectivity index (χ3n) is 9.29. The molecular weight excluding hydrogens is 673 g/mol. The molecule has 0 unspecified atom stereocenters. The van der Waals surface area contributed by atoms with Gasteiger partial charge in [-0.1, -0.05) is 25.4 Å². The largest absolute Gasteiger partial charge is 0.462 e. The molecule has 4 heterocycles. The van der Waals surface area contributed by atoms with Gasteiger partial charge in [0.15, 0.2) is 0 Å². The topological polar surface area (TPSA) is 185 Å². The van der Waals surface area contributed by atoms with E-state index in [-0.39, 0.29) is 28.6 Å². The number of nitrogens with zero attached hydrogens (tertiary/aromatic N) is 4. The molecule has 2 saturated carbocycles. The minimum absolute atomic E-state index is 0.0966. The summed E-state index contributed by atoms with van der Waals surface area (Å²) in [6.07, 6.45) is 10.7. The second kappa shape index (κ2) is 15.1. The number of aromatic nitrogens is 4. The van der Waals surface area contributed by atoms with Gasteiger partial charge in [0, 0.05) is 24.5 Å². The van der Waals surface area contributed by atoms with E-state index in [1.54, 1.807) is 30.6 Å². The number of nitrogens with one attached hydrogen (secondary N) is 1. The quantitative estimate of drug-likeness (QED) is 0.132. The molecule has 0 radical (unpaired) electrons. The molecule has 2 aliphatic rings. The molecule has 49 heavy (non-hydrogen) atoms. The lowest BCUT2D eigenvalue weighted by Crippen LogP contribution is -2.27. The van der Waals surface area contributed by atoms with Crippen molar-refractivity contribution in [3.05, 3.63) is 64.2 Å². The smallest absolute Gasteiger partial charge is 0.339 e. The van der Waals surface area contributed by atoms with Crippen molar-refractivity contribution in [3.63, 3.8) is 0 Å². The van der Waals surface area contributed by atoms with Gasteiger partial charge in [-0.2, -0.15) is 10.2 Å². The van der Waals surface area contributed by atoms with Gasteiger partial charge in [0.05, 0.1) is 69.6 Å². The van der Waals surface area contributed by atoms with E-state index in [1.165, 1.54) is 42.0 Å². The first-order valence-electron chi connectivity index (χ1n) is 16.1. The summed E-state index contributed by atoms with van der Waals surface area (Å²) in [6, 6.07) is 3.74. The highest BCUT2D eigenvalue weighted by molar-refractivity contribution is 6.69. The van der Waals surface area contributed by atoms with Gasteiger partial charge in [-0.25, -0.2) is 18.6 Å². The van der Waals surface area contributed by atoms with E-state index in [1.807, 2.05) is 0 Å². The Labute approximate surface area is 294 Å². The number of primary amides is 1. The average molecular weight is 717 g/mol. The van der Waals surface area contributed by atoms with Crippen molar-refractivity contribution < 1.29 is 28.7 Å². The van der Waals surface area contributed by atoms with E-state index in [4.69, 9.17) is 44.1 Å². The molecule has 6 rings (SSSR count). The molecule has 0 saturated heterocycles. The number of anilines is 1. The van der Waals surface area contributed by atoms with Crippen molar-refractivity contribution in [2.45, 2.75) is 79.3 Å². The number of hydrogen-bond acceptors (Lipinski definition) is 10. The SMILES string of the molecule is CCOC(=O)c1cc2c(Cl)c(C(=O)Cl)cnn2c1.CCOC(=O)c1cc2c(N[C@H](C)C3(C)CC3)c(C(N)=O)cnn2c1.C[C@@H](N)C1(C)CC1. The Kier molecular flexibility index (Phi) is 11.6. The van der Waals surface area contributed by atoms with E-state index in [2.05, 4.69) is 43.2 Å². The summed E-state index contributed by atoms with van der Waals surface area (Å²) in [5, 5.41) is 11.0. The third kappa shape index (κ3) is 8.70. The number of hydrogen-bond donors (Lipinski definition) is 3. The zero-order chi connectivity index (χ0) is 36.3. The Hall–Kier alpha value is -4.20. The molecule has 5 N–H and O–H groups in total. The summed E-state index contributed by atoms with van der Waals surface area (Å²) in [5.41, 5.74) is 14.6. The highest BCUT2D eigenvalue weighted by Crippen LogP contribution is 2.49. The molecular formula is C34H43Cl2N7O6. The minimum Gasteiger partial charge on any atom is -0.462 e. The summed E-state index contributed by atoms with van der Waals surface area (Å²) >= 11 is 11.4. The molecule has 1 amide bonds. The summed E-state index contributed by atoms with van der Waals surface area (Å²) in [5.74, 6) is -1.45. The van der Waals surface area contributed by atoms with E-state index in [0.29, 0.717) is 51.5 Å². The molecule has 264 valence electrons. The monoisotopic (exact) mass is 715 g/mol. The number of esters is 2. The van der Waals surface area contributed by atoms with Crippen LogP contribution in [0.5, 0.6) is 0 Å². The number of carbonyl (C=O) groups is 4. The fourth-order valence-corrected chi connectivity index (χ4v) is 5.35. The Balaban J connectivity index is 0.000000189. The molecule has 4 aromatic heterocycles. The van der Waals surface area contributed by atoms with Gasteiger partial charge in [0.25, 0.3) is 11.1 Å². The molecule has 0 bridgehead atoms. The lowest BCUT2D eigenvalue weighted by molar-refractivity contribution is 0.0517. The normalized spacial score (nSPS) is 16.3. The third-order valence-corrected chi connectivity index (χ3v) is 9.89. The summed E-state index contributed by atoms with van der Waals surface area (Å²) < 4.78 is 12.8. The van der Waals surface area contributed by atoms with E-state index in [9.17, 15) is 19.2 Å². The fraction of sp³-hybridized carbons (Fsp3) is 0.471. The van der Waals surface area contributed by atoms with Crippen molar-refractivity contribution in [1.82, 2.24) is 19.2 Å². The highest BCUT2D eigenvalue weighted by atomic mass is 35.5. The maximum Gasteiger partial charge on any atom is 0.339 e. The molecule has 0 aliphatic heterocycles. The summed E-state index contributed by atoms with van der Waals surface area (Å²) in [4.78, 5) is 46.4. The van der Waals surface area contributed by atoms with E-state index < -0.39 is 23.1 Å². The summed E-state index contributed by atoms with van der Waals surface area (Å²) in [6.45, 7) is 12.7. The van der Waals surface area contributed by atoms with Crippen LogP contribution in [0.25, 0.3) is 11.0 Å². The zero-order valence-corrected chi connectivity index (χ0v) is 30.0. The minimum atomic E-state index is -0.700. The first-order valence-corrected chi connectivity index (χ1v) is 16.8. The van der Waals surface area contributed by atoms with Gasteiger partial charge in [-0.3, -0.25) is 9.59 Å². The van der Waals surface area contributed by atoms with Crippen molar-refractivity contribution in [2.75, 3.05) is 18.5 Å². The van der Waals surface area contributed by atoms with Crippen LogP contribution < -0.4 is 16.8 Å². The standard InChI is InChI=1S/C17H22N4O3.C11H8Cl2N2O3.C6H13N/c1-4-24-16(23)11-7-13-14(20-10(2)17(3)5-6-17)12(15(18)22)8-19-21(13)9-11;1-2-18-11(17)6-3-8-9(12)7(10(13)16)4-14-15(8)5-6;1-5(7)6(2)3-4-6/h7-10,20H,4-6H2,1-3H3,(H2,18,22);3-5H,2H2,1H3;5H,3-4,7H2,1-2H3/t10-;;5-/m1.1/s1. The Morgan fingerprint density at radius 3 is 1.76 bits per heavy atom. The molecule has 0 aromatic carbocycles. The molecule has 4 aromatic rings. The maximum atomic E-state index is 12.0. The predicted molar refractivity (Wildman–Crippen MR) is 187 cm³/mol. The molecule has 2 atom stereocenters. The van der Waals surface area contributed by atoms with Crippen LogP contribution in [0, 0.1) is 10.8 Å². The number of halogens is 2. The van der Waals surface area contributed by atoms with Crippen molar-refractivity contribution >= 4 is 63.0 Å². The van der Waals surface area contributed by atoms with Crippen LogP contribution in [-0.4, -0.2) is 67.6 Å². The van der Waals surface area contributed by atoms with Gasteiger partial charge in [0.2, 0.25) is 0 Å². The number of carbonyl (C=O) groups excluding carboxylic acids is 4. The lowest BCUT2D eigenvalue weighted by Gasteiger charge is -2.23. The van der Waals surface area contributed by atoms with Crippen LogP contribution in [0.4, 0.5) is 5.69 Å².